The fourth-order valence-electron chi connectivity index (χ4n) is 6.30. The summed E-state index contributed by atoms with van der Waals surface area (Å²) in [6.07, 6.45) is 11.7. The van der Waals surface area contributed by atoms with Crippen molar-refractivity contribution in [3.63, 3.8) is 0 Å². The Morgan fingerprint density at radius 1 is 0.640 bits per heavy atom. The molecule has 2 saturated heterocycles. The molecule has 4 aliphatic rings. The number of piperazine rings is 1. The van der Waals surface area contributed by atoms with Gasteiger partial charge in [0.2, 0.25) is 0 Å². The monoisotopic (exact) mass is 347 g/mol. The molecular formula is C22H41N3. The molecule has 2 heterocycles. The second-order valence-corrected chi connectivity index (χ2v) is 11.2. The van der Waals surface area contributed by atoms with Crippen LogP contribution in [-0.2, 0) is 0 Å². The van der Waals surface area contributed by atoms with Crippen molar-refractivity contribution in [2.75, 3.05) is 32.7 Å². The van der Waals surface area contributed by atoms with Gasteiger partial charge in [-0.2, -0.15) is 0 Å². The molecule has 0 radical (unpaired) electrons. The van der Waals surface area contributed by atoms with Crippen LogP contribution in [0.15, 0.2) is 0 Å². The third-order valence-electron chi connectivity index (χ3n) is 8.35. The highest BCUT2D eigenvalue weighted by atomic mass is 15.5. The second-order valence-electron chi connectivity index (χ2n) is 11.2. The molecule has 4 fully saturated rings. The molecule has 3 heteroatoms. The first-order chi connectivity index (χ1) is 11.7. The smallest absolute Gasteiger partial charge is 0.0685 e. The van der Waals surface area contributed by atoms with E-state index in [2.05, 4.69) is 49.3 Å². The Morgan fingerprint density at radius 3 is 1.76 bits per heavy atom. The van der Waals surface area contributed by atoms with E-state index in [9.17, 15) is 0 Å². The molecule has 144 valence electrons. The van der Waals surface area contributed by atoms with Crippen molar-refractivity contribution in [3.8, 4) is 0 Å². The van der Waals surface area contributed by atoms with Crippen molar-refractivity contribution in [3.05, 3.63) is 0 Å². The molecule has 0 N–H and O–H groups in total. The molecule has 2 saturated carbocycles. The van der Waals surface area contributed by atoms with Crippen LogP contribution in [0.4, 0.5) is 0 Å². The summed E-state index contributed by atoms with van der Waals surface area (Å²) in [6, 6.07) is 0. The quantitative estimate of drug-likeness (QED) is 0.736. The molecule has 0 aromatic carbocycles. The number of likely N-dealkylation sites (tertiary alicyclic amines) is 1. The molecule has 0 atom stereocenters. The predicted octanol–water partition coefficient (Wildman–Crippen LogP) is 4.33. The number of piperidine rings is 1. The summed E-state index contributed by atoms with van der Waals surface area (Å²) in [7, 11) is 0. The Balaban J connectivity index is 1.44. The fraction of sp³-hybridized carbons (Fsp3) is 1.00. The summed E-state index contributed by atoms with van der Waals surface area (Å²) in [5, 5.41) is 0. The van der Waals surface area contributed by atoms with Crippen molar-refractivity contribution < 1.29 is 0 Å². The van der Waals surface area contributed by atoms with Crippen LogP contribution < -0.4 is 0 Å². The lowest BCUT2D eigenvalue weighted by molar-refractivity contribution is -0.121. The van der Waals surface area contributed by atoms with Crippen molar-refractivity contribution >= 4 is 0 Å². The topological polar surface area (TPSA) is 9.72 Å². The predicted molar refractivity (Wildman–Crippen MR) is 106 cm³/mol. The van der Waals surface area contributed by atoms with Crippen LogP contribution in [0.2, 0.25) is 0 Å². The van der Waals surface area contributed by atoms with Gasteiger partial charge in [-0.25, -0.2) is 0 Å². The summed E-state index contributed by atoms with van der Waals surface area (Å²) in [5.41, 5.74) is 1.73. The van der Waals surface area contributed by atoms with Gasteiger partial charge in [-0.1, -0.05) is 12.8 Å². The fourth-order valence-corrected chi connectivity index (χ4v) is 6.30. The van der Waals surface area contributed by atoms with Gasteiger partial charge in [0.05, 0.1) is 5.66 Å². The Bertz CT molecular complexity index is 484. The molecule has 4 rings (SSSR count). The average Bonchev–Trinajstić information content (AvgIpc) is 3.15. The molecule has 3 nitrogen and oxygen atoms in total. The van der Waals surface area contributed by atoms with E-state index in [1.165, 1.54) is 84.1 Å². The van der Waals surface area contributed by atoms with Crippen LogP contribution >= 0.6 is 0 Å². The molecule has 25 heavy (non-hydrogen) atoms. The van der Waals surface area contributed by atoms with Crippen LogP contribution in [0.25, 0.3) is 0 Å². The Labute approximate surface area is 156 Å². The molecule has 0 aromatic heterocycles. The van der Waals surface area contributed by atoms with Gasteiger partial charge in [0, 0.05) is 43.8 Å². The lowest BCUT2D eigenvalue weighted by Crippen LogP contribution is -2.69. The van der Waals surface area contributed by atoms with Crippen molar-refractivity contribution in [2.45, 2.75) is 103 Å². The van der Waals surface area contributed by atoms with Crippen LogP contribution in [0.5, 0.6) is 0 Å². The molecule has 0 aromatic rings. The molecule has 0 bridgehead atoms. The number of hydrogen-bond donors (Lipinski definition) is 0. The highest BCUT2D eigenvalue weighted by Gasteiger charge is 2.57. The highest BCUT2D eigenvalue weighted by Crippen LogP contribution is 2.51. The van der Waals surface area contributed by atoms with Gasteiger partial charge < -0.3 is 0 Å². The molecule has 2 spiro atoms. The molecule has 2 aliphatic carbocycles. The second kappa shape index (κ2) is 5.94. The van der Waals surface area contributed by atoms with Gasteiger partial charge in [-0.05, 0) is 78.6 Å². The third-order valence-corrected chi connectivity index (χ3v) is 8.35. The van der Waals surface area contributed by atoms with Gasteiger partial charge in [0.15, 0.2) is 0 Å². The molecule has 0 unspecified atom stereocenters. The summed E-state index contributed by atoms with van der Waals surface area (Å²) in [4.78, 5) is 8.48. The summed E-state index contributed by atoms with van der Waals surface area (Å²) in [5.74, 6) is 0. The van der Waals surface area contributed by atoms with E-state index in [0.717, 1.165) is 5.41 Å². The van der Waals surface area contributed by atoms with Gasteiger partial charge in [0.25, 0.3) is 0 Å². The SMILES string of the molecule is CC(C)(C)N1CCN(C(C)(C)N2CCC3(CCCC3)CC2)C2(CC2)C1. The van der Waals surface area contributed by atoms with Crippen LogP contribution in [0.3, 0.4) is 0 Å². The Kier molecular flexibility index (Phi) is 4.34. The largest absolute Gasteiger partial charge is 0.295 e. The summed E-state index contributed by atoms with van der Waals surface area (Å²) in [6.45, 7) is 18.6. The number of hydrogen-bond acceptors (Lipinski definition) is 3. The van der Waals surface area contributed by atoms with Gasteiger partial charge in [-0.15, -0.1) is 0 Å². The highest BCUT2D eigenvalue weighted by molar-refractivity contribution is 5.13. The minimum Gasteiger partial charge on any atom is -0.295 e. The average molecular weight is 348 g/mol. The standard InChI is InChI=1S/C22H41N3/c1-19(2,3)24-16-17-25(22(18-24)10-11-22)20(4,5)23-14-12-21(13-15-23)8-6-7-9-21/h6-18H2,1-5H3. The van der Waals surface area contributed by atoms with E-state index in [0.29, 0.717) is 11.1 Å². The maximum atomic E-state index is 2.91. The van der Waals surface area contributed by atoms with E-state index < -0.39 is 0 Å². The normalized spacial score (nSPS) is 31.1. The molecule has 0 amide bonds. The number of nitrogens with zero attached hydrogens (tertiary/aromatic N) is 3. The lowest BCUT2D eigenvalue weighted by Gasteiger charge is -2.57. The number of rotatable bonds is 2. The molecular weight excluding hydrogens is 306 g/mol. The van der Waals surface area contributed by atoms with Gasteiger partial charge in [0.1, 0.15) is 0 Å². The summed E-state index contributed by atoms with van der Waals surface area (Å²) >= 11 is 0. The zero-order chi connectivity index (χ0) is 17.9. The maximum absolute atomic E-state index is 2.91. The lowest BCUT2D eigenvalue weighted by atomic mass is 9.76. The molecule has 2 aliphatic heterocycles. The minimum atomic E-state index is 0.223. The zero-order valence-corrected chi connectivity index (χ0v) is 17.5. The van der Waals surface area contributed by atoms with E-state index in [1.54, 1.807) is 0 Å². The van der Waals surface area contributed by atoms with E-state index in [4.69, 9.17) is 0 Å². The van der Waals surface area contributed by atoms with Crippen LogP contribution in [0, 0.1) is 5.41 Å². The van der Waals surface area contributed by atoms with Crippen LogP contribution in [-0.4, -0.2) is 64.2 Å². The van der Waals surface area contributed by atoms with Crippen LogP contribution in [0.1, 0.15) is 86.0 Å². The first kappa shape index (κ1) is 18.3. The third kappa shape index (κ3) is 3.19. The van der Waals surface area contributed by atoms with E-state index in [1.807, 2.05) is 0 Å². The summed E-state index contributed by atoms with van der Waals surface area (Å²) < 4.78 is 0. The Hall–Kier alpha value is -0.120. The first-order valence-electron chi connectivity index (χ1n) is 11.0. The van der Waals surface area contributed by atoms with Gasteiger partial charge in [-0.3, -0.25) is 14.7 Å². The first-order valence-corrected chi connectivity index (χ1v) is 11.0. The van der Waals surface area contributed by atoms with Crippen molar-refractivity contribution in [1.82, 2.24) is 14.7 Å². The maximum Gasteiger partial charge on any atom is 0.0685 e. The Morgan fingerprint density at radius 2 is 1.24 bits per heavy atom. The van der Waals surface area contributed by atoms with Gasteiger partial charge >= 0.3 is 0 Å². The minimum absolute atomic E-state index is 0.223. The zero-order valence-electron chi connectivity index (χ0n) is 17.5. The van der Waals surface area contributed by atoms with Crippen molar-refractivity contribution in [2.24, 2.45) is 5.41 Å². The van der Waals surface area contributed by atoms with Crippen molar-refractivity contribution in [1.29, 1.82) is 0 Å². The van der Waals surface area contributed by atoms with E-state index in [-0.39, 0.29) is 5.66 Å². The van der Waals surface area contributed by atoms with E-state index >= 15 is 0 Å².